The molecule has 0 amide bonds. The van der Waals surface area contributed by atoms with Gasteiger partial charge in [0.15, 0.2) is 9.84 Å². The molecule has 1 aliphatic carbocycles. The fourth-order valence-electron chi connectivity index (χ4n) is 2.83. The zero-order valence-electron chi connectivity index (χ0n) is 11.8. The summed E-state index contributed by atoms with van der Waals surface area (Å²) in [6.07, 6.45) is 4.62. The molecule has 116 valence electrons. The number of nitro benzene ring substituents is 1. The van der Waals surface area contributed by atoms with E-state index in [9.17, 15) is 18.5 Å². The number of hydrogen-bond donors (Lipinski definition) is 2. The molecule has 0 aromatic heterocycles. The van der Waals surface area contributed by atoms with Crippen LogP contribution in [0.15, 0.2) is 23.1 Å². The molecular formula is C13H19N3O4S. The van der Waals surface area contributed by atoms with Crippen molar-refractivity contribution in [3.8, 4) is 0 Å². The number of nitrogens with zero attached hydrogens (tertiary/aromatic N) is 1. The molecule has 8 heteroatoms. The number of para-hydroxylation sites is 1. The molecule has 0 unspecified atom stereocenters. The molecule has 0 saturated heterocycles. The summed E-state index contributed by atoms with van der Waals surface area (Å²) in [6.45, 7) is 0.354. The monoisotopic (exact) mass is 313 g/mol. The van der Waals surface area contributed by atoms with Crippen LogP contribution in [0.5, 0.6) is 0 Å². The zero-order chi connectivity index (χ0) is 15.7. The fraction of sp³-hybridized carbons (Fsp3) is 0.538. The summed E-state index contributed by atoms with van der Waals surface area (Å²) in [6, 6.07) is 4.29. The lowest BCUT2D eigenvalue weighted by molar-refractivity contribution is -0.386. The number of nitro groups is 1. The average molecular weight is 313 g/mol. The molecule has 2 rings (SSSR count). The summed E-state index contributed by atoms with van der Waals surface area (Å²) in [5.41, 5.74) is 5.24. The molecule has 1 aromatic carbocycles. The first-order valence-electron chi connectivity index (χ1n) is 6.75. The van der Waals surface area contributed by atoms with Gasteiger partial charge in [-0.1, -0.05) is 18.9 Å². The number of rotatable bonds is 5. The van der Waals surface area contributed by atoms with E-state index in [-0.39, 0.29) is 16.1 Å². The van der Waals surface area contributed by atoms with Gasteiger partial charge in [-0.25, -0.2) is 8.42 Å². The summed E-state index contributed by atoms with van der Waals surface area (Å²) in [7, 11) is -3.67. The first-order chi connectivity index (χ1) is 9.79. The number of anilines is 1. The maximum absolute atomic E-state index is 11.7. The molecule has 0 atom stereocenters. The highest BCUT2D eigenvalue weighted by Crippen LogP contribution is 2.38. The third-order valence-electron chi connectivity index (χ3n) is 3.93. The van der Waals surface area contributed by atoms with Gasteiger partial charge in [0.2, 0.25) is 0 Å². The van der Waals surface area contributed by atoms with Crippen LogP contribution in [0.1, 0.15) is 25.7 Å². The van der Waals surface area contributed by atoms with E-state index in [0.29, 0.717) is 6.54 Å². The summed E-state index contributed by atoms with van der Waals surface area (Å²) in [5, 5.41) is 14.5. The Labute approximate surface area is 123 Å². The van der Waals surface area contributed by atoms with Gasteiger partial charge in [0.05, 0.1) is 4.92 Å². The van der Waals surface area contributed by atoms with Crippen LogP contribution in [-0.2, 0) is 9.84 Å². The average Bonchev–Trinajstić information content (AvgIpc) is 2.86. The van der Waals surface area contributed by atoms with E-state index in [1.807, 2.05) is 0 Å². The Morgan fingerprint density at radius 2 is 2.00 bits per heavy atom. The van der Waals surface area contributed by atoms with Crippen LogP contribution in [0.4, 0.5) is 11.4 Å². The van der Waals surface area contributed by atoms with Gasteiger partial charge in [0.25, 0.3) is 0 Å². The predicted molar refractivity (Wildman–Crippen MR) is 80.1 cm³/mol. The van der Waals surface area contributed by atoms with Gasteiger partial charge >= 0.3 is 5.69 Å². The quantitative estimate of drug-likeness (QED) is 0.631. The lowest BCUT2D eigenvalue weighted by Gasteiger charge is -2.29. The Morgan fingerprint density at radius 1 is 1.38 bits per heavy atom. The minimum atomic E-state index is -3.67. The molecule has 1 saturated carbocycles. The minimum absolute atomic E-state index is 0.218. The maximum Gasteiger partial charge on any atom is 0.310 e. The first-order valence-corrected chi connectivity index (χ1v) is 8.64. The van der Waals surface area contributed by atoms with Crippen molar-refractivity contribution in [3.05, 3.63) is 28.3 Å². The van der Waals surface area contributed by atoms with Crippen molar-refractivity contribution in [1.82, 2.24) is 0 Å². The minimum Gasteiger partial charge on any atom is -0.373 e. The molecular weight excluding hydrogens is 294 g/mol. The number of nitrogens with two attached hydrogens (primary N) is 1. The van der Waals surface area contributed by atoms with Gasteiger partial charge in [0.1, 0.15) is 10.6 Å². The van der Waals surface area contributed by atoms with E-state index in [4.69, 9.17) is 5.73 Å². The second-order valence-electron chi connectivity index (χ2n) is 5.50. The molecule has 7 nitrogen and oxygen atoms in total. The lowest BCUT2D eigenvalue weighted by atomic mass is 9.97. The van der Waals surface area contributed by atoms with Crippen molar-refractivity contribution in [2.75, 3.05) is 18.1 Å². The van der Waals surface area contributed by atoms with Gasteiger partial charge in [0, 0.05) is 18.3 Å². The van der Waals surface area contributed by atoms with E-state index in [1.165, 1.54) is 18.2 Å². The Balaban J connectivity index is 2.51. The number of hydrogen-bond acceptors (Lipinski definition) is 6. The molecule has 0 radical (unpaired) electrons. The van der Waals surface area contributed by atoms with Crippen LogP contribution in [0.3, 0.4) is 0 Å². The van der Waals surface area contributed by atoms with Gasteiger partial charge in [-0.15, -0.1) is 0 Å². The summed E-state index contributed by atoms with van der Waals surface area (Å²) in [5.74, 6) is 0. The molecule has 21 heavy (non-hydrogen) atoms. The molecule has 0 aliphatic heterocycles. The van der Waals surface area contributed by atoms with Crippen molar-refractivity contribution in [3.63, 3.8) is 0 Å². The van der Waals surface area contributed by atoms with E-state index >= 15 is 0 Å². The van der Waals surface area contributed by atoms with E-state index in [2.05, 4.69) is 5.32 Å². The summed E-state index contributed by atoms with van der Waals surface area (Å²) in [4.78, 5) is 10.4. The van der Waals surface area contributed by atoms with Gasteiger partial charge in [-0.3, -0.25) is 10.1 Å². The standard InChI is InChI=1S/C13H19N3O4S/c1-21(19,20)11-6-4-5-10(12(11)16(17)18)15-13(9-14)7-2-3-8-13/h4-6,15H,2-3,7-9,14H2,1H3. The first kappa shape index (κ1) is 15.7. The molecule has 1 aromatic rings. The largest absolute Gasteiger partial charge is 0.373 e. The molecule has 1 aliphatic rings. The predicted octanol–water partition coefficient (Wildman–Crippen LogP) is 1.68. The van der Waals surface area contributed by atoms with Crippen molar-refractivity contribution in [2.45, 2.75) is 36.1 Å². The second kappa shape index (κ2) is 5.61. The smallest absolute Gasteiger partial charge is 0.310 e. The Hall–Kier alpha value is -1.67. The highest BCUT2D eigenvalue weighted by Gasteiger charge is 2.35. The molecule has 0 bridgehead atoms. The van der Waals surface area contributed by atoms with Crippen LogP contribution in [-0.4, -0.2) is 31.7 Å². The number of benzene rings is 1. The van der Waals surface area contributed by atoms with Gasteiger partial charge in [-0.05, 0) is 25.0 Å². The molecule has 0 heterocycles. The fourth-order valence-corrected chi connectivity index (χ4v) is 3.69. The highest BCUT2D eigenvalue weighted by atomic mass is 32.2. The molecule has 3 N–H and O–H groups in total. The summed E-state index contributed by atoms with van der Waals surface area (Å²) >= 11 is 0. The Kier molecular flexibility index (Phi) is 4.20. The van der Waals surface area contributed by atoms with Crippen LogP contribution in [0, 0.1) is 10.1 Å². The Morgan fingerprint density at radius 3 is 2.48 bits per heavy atom. The highest BCUT2D eigenvalue weighted by molar-refractivity contribution is 7.90. The number of sulfone groups is 1. The van der Waals surface area contributed by atoms with Crippen molar-refractivity contribution in [2.24, 2.45) is 5.73 Å². The van der Waals surface area contributed by atoms with Crippen molar-refractivity contribution < 1.29 is 13.3 Å². The third kappa shape index (κ3) is 3.16. The number of nitrogens with one attached hydrogen (secondary N) is 1. The van der Waals surface area contributed by atoms with Gasteiger partial charge in [-0.2, -0.15) is 0 Å². The Bertz CT molecular complexity index is 651. The summed E-state index contributed by atoms with van der Waals surface area (Å²) < 4.78 is 23.5. The van der Waals surface area contributed by atoms with Crippen LogP contribution >= 0.6 is 0 Å². The lowest BCUT2D eigenvalue weighted by Crippen LogP contribution is -2.43. The SMILES string of the molecule is CS(=O)(=O)c1cccc(NC2(CN)CCCC2)c1[N+](=O)[O-]. The normalized spacial score (nSPS) is 17.6. The molecule has 1 fully saturated rings. The van der Waals surface area contributed by atoms with Crippen molar-refractivity contribution in [1.29, 1.82) is 0 Å². The topological polar surface area (TPSA) is 115 Å². The maximum atomic E-state index is 11.7. The van der Waals surface area contributed by atoms with Crippen LogP contribution < -0.4 is 11.1 Å². The molecule has 0 spiro atoms. The second-order valence-corrected chi connectivity index (χ2v) is 7.48. The third-order valence-corrected chi connectivity index (χ3v) is 5.06. The van der Waals surface area contributed by atoms with E-state index in [1.54, 1.807) is 0 Å². The van der Waals surface area contributed by atoms with E-state index in [0.717, 1.165) is 31.9 Å². The van der Waals surface area contributed by atoms with Gasteiger partial charge < -0.3 is 11.1 Å². The van der Waals surface area contributed by atoms with Crippen LogP contribution in [0.25, 0.3) is 0 Å². The van der Waals surface area contributed by atoms with Crippen molar-refractivity contribution >= 4 is 21.2 Å². The van der Waals surface area contributed by atoms with Crippen LogP contribution in [0.2, 0.25) is 0 Å². The van der Waals surface area contributed by atoms with E-state index < -0.39 is 20.4 Å². The zero-order valence-corrected chi connectivity index (χ0v) is 12.6.